The zero-order valence-corrected chi connectivity index (χ0v) is 19.2. The fourth-order valence-corrected chi connectivity index (χ4v) is 4.55. The number of nitrogens with one attached hydrogen (secondary N) is 3. The van der Waals surface area contributed by atoms with E-state index in [1.165, 1.54) is 0 Å². The molecule has 4 heterocycles. The molecule has 12 heteroatoms. The van der Waals surface area contributed by atoms with E-state index < -0.39 is 10.0 Å². The minimum Gasteiger partial charge on any atom is -0.336 e. The third-order valence-electron chi connectivity index (χ3n) is 5.65. The van der Waals surface area contributed by atoms with Gasteiger partial charge >= 0.3 is 0 Å². The van der Waals surface area contributed by atoms with E-state index in [2.05, 4.69) is 42.3 Å². The number of sulfonamides is 1. The molecular formula is C21H25N9O2S. The SMILES string of the molecule is CN1CCC(n2cc(Nc3nc(-c4cccc(NS(C)(=O)=O)c4)nc4cn[nH]c34)cn2)CC1. The van der Waals surface area contributed by atoms with Crippen molar-refractivity contribution in [3.8, 4) is 11.4 Å². The molecule has 4 aromatic rings. The summed E-state index contributed by atoms with van der Waals surface area (Å²) in [4.78, 5) is 11.6. The molecule has 1 fully saturated rings. The number of fused-ring (bicyclic) bond motifs is 1. The highest BCUT2D eigenvalue weighted by molar-refractivity contribution is 7.92. The van der Waals surface area contributed by atoms with Gasteiger partial charge in [0.2, 0.25) is 10.0 Å². The number of hydrogen-bond acceptors (Lipinski definition) is 8. The summed E-state index contributed by atoms with van der Waals surface area (Å²) in [7, 11) is -1.25. The normalized spacial score (nSPS) is 15.7. The van der Waals surface area contributed by atoms with Crippen LogP contribution >= 0.6 is 0 Å². The molecule has 3 N–H and O–H groups in total. The smallest absolute Gasteiger partial charge is 0.229 e. The third-order valence-corrected chi connectivity index (χ3v) is 6.26. The van der Waals surface area contributed by atoms with Crippen molar-refractivity contribution in [1.82, 2.24) is 34.8 Å². The summed E-state index contributed by atoms with van der Waals surface area (Å²) in [6.45, 7) is 2.12. The molecule has 1 aromatic carbocycles. The van der Waals surface area contributed by atoms with E-state index in [1.807, 2.05) is 16.9 Å². The summed E-state index contributed by atoms with van der Waals surface area (Å²) in [5.41, 5.74) is 3.27. The summed E-state index contributed by atoms with van der Waals surface area (Å²) >= 11 is 0. The molecule has 1 aliphatic heterocycles. The number of nitrogens with zero attached hydrogens (tertiary/aromatic N) is 6. The average Bonchev–Trinajstić information content (AvgIpc) is 3.43. The van der Waals surface area contributed by atoms with Crippen molar-refractivity contribution >= 4 is 38.2 Å². The number of aromatic nitrogens is 6. The average molecular weight is 468 g/mol. The van der Waals surface area contributed by atoms with Crippen molar-refractivity contribution in [2.24, 2.45) is 0 Å². The van der Waals surface area contributed by atoms with E-state index >= 15 is 0 Å². The maximum atomic E-state index is 11.6. The van der Waals surface area contributed by atoms with Crippen LogP contribution in [0.2, 0.25) is 0 Å². The predicted molar refractivity (Wildman–Crippen MR) is 127 cm³/mol. The molecule has 0 saturated carbocycles. The van der Waals surface area contributed by atoms with Crippen LogP contribution in [0.5, 0.6) is 0 Å². The van der Waals surface area contributed by atoms with Gasteiger partial charge in [0.1, 0.15) is 11.0 Å². The maximum absolute atomic E-state index is 11.6. The summed E-state index contributed by atoms with van der Waals surface area (Å²) in [6.07, 6.45) is 8.67. The van der Waals surface area contributed by atoms with Gasteiger partial charge in [0.15, 0.2) is 11.6 Å². The number of H-pyrrole nitrogens is 1. The van der Waals surface area contributed by atoms with Crippen molar-refractivity contribution in [3.05, 3.63) is 42.9 Å². The Morgan fingerprint density at radius 1 is 1.12 bits per heavy atom. The number of likely N-dealkylation sites (tertiary alicyclic amines) is 1. The topological polar surface area (TPSA) is 134 Å². The maximum Gasteiger partial charge on any atom is 0.229 e. The molecule has 1 aliphatic rings. The van der Waals surface area contributed by atoms with Gasteiger partial charge in [-0.2, -0.15) is 10.2 Å². The van der Waals surface area contributed by atoms with Crippen LogP contribution in [0.25, 0.3) is 22.4 Å². The number of hydrogen-bond donors (Lipinski definition) is 3. The second-order valence-electron chi connectivity index (χ2n) is 8.35. The van der Waals surface area contributed by atoms with E-state index in [0.717, 1.165) is 37.9 Å². The van der Waals surface area contributed by atoms with Crippen LogP contribution in [0.3, 0.4) is 0 Å². The van der Waals surface area contributed by atoms with Crippen LogP contribution in [-0.2, 0) is 10.0 Å². The quantitative estimate of drug-likeness (QED) is 0.394. The van der Waals surface area contributed by atoms with Crippen LogP contribution in [0.15, 0.2) is 42.9 Å². The fraction of sp³-hybridized carbons (Fsp3) is 0.333. The number of aromatic amines is 1. The Hall–Kier alpha value is -3.51. The molecule has 0 spiro atoms. The molecule has 5 rings (SSSR count). The molecule has 0 atom stereocenters. The summed E-state index contributed by atoms with van der Waals surface area (Å²) in [5.74, 6) is 1.02. The third kappa shape index (κ3) is 4.81. The van der Waals surface area contributed by atoms with E-state index in [0.29, 0.717) is 40.0 Å². The van der Waals surface area contributed by atoms with Crippen LogP contribution in [0.1, 0.15) is 18.9 Å². The summed E-state index contributed by atoms with van der Waals surface area (Å²) in [5, 5.41) is 14.9. The molecule has 0 amide bonds. The molecule has 0 unspecified atom stereocenters. The van der Waals surface area contributed by atoms with Gasteiger partial charge in [0.05, 0.1) is 30.4 Å². The first-order valence-electron chi connectivity index (χ1n) is 10.6. The van der Waals surface area contributed by atoms with Crippen LogP contribution in [-0.4, -0.2) is 69.7 Å². The Kier molecular flexibility index (Phi) is 5.46. The Bertz CT molecular complexity index is 1390. The molecule has 0 aliphatic carbocycles. The van der Waals surface area contributed by atoms with E-state index in [4.69, 9.17) is 4.98 Å². The van der Waals surface area contributed by atoms with E-state index in [9.17, 15) is 8.42 Å². The second-order valence-corrected chi connectivity index (χ2v) is 10.1. The Balaban J connectivity index is 1.44. The lowest BCUT2D eigenvalue weighted by Gasteiger charge is -2.28. The van der Waals surface area contributed by atoms with Crippen molar-refractivity contribution in [2.45, 2.75) is 18.9 Å². The lowest BCUT2D eigenvalue weighted by atomic mass is 10.1. The standard InChI is InChI=1S/C21H25N9O2S/c1-29-8-6-17(7-9-29)30-13-16(11-23-30)24-21-19-18(12-22-27-19)25-20(26-21)14-4-3-5-15(10-14)28-33(2,31)32/h3-5,10-13,17,28H,6-9H2,1-2H3,(H,22,27)(H,24,25,26). The van der Waals surface area contributed by atoms with Gasteiger partial charge in [0, 0.05) is 17.4 Å². The van der Waals surface area contributed by atoms with Gasteiger partial charge in [-0.1, -0.05) is 12.1 Å². The predicted octanol–water partition coefficient (Wildman–Crippen LogP) is 2.60. The lowest BCUT2D eigenvalue weighted by Crippen LogP contribution is -2.31. The molecule has 0 bridgehead atoms. The van der Waals surface area contributed by atoms with Gasteiger partial charge in [-0.05, 0) is 45.1 Å². The number of rotatable bonds is 6. The van der Waals surface area contributed by atoms with Gasteiger partial charge < -0.3 is 10.2 Å². The number of piperidine rings is 1. The van der Waals surface area contributed by atoms with E-state index in [1.54, 1.807) is 30.6 Å². The summed E-state index contributed by atoms with van der Waals surface area (Å²) < 4.78 is 27.7. The van der Waals surface area contributed by atoms with Crippen LogP contribution in [0.4, 0.5) is 17.2 Å². The molecule has 1 saturated heterocycles. The Labute approximate surface area is 191 Å². The first-order chi connectivity index (χ1) is 15.8. The monoisotopic (exact) mass is 467 g/mol. The van der Waals surface area contributed by atoms with E-state index in [-0.39, 0.29) is 0 Å². The number of benzene rings is 1. The second kappa shape index (κ2) is 8.45. The number of anilines is 3. The minimum absolute atomic E-state index is 0.384. The van der Waals surface area contributed by atoms with Gasteiger partial charge in [0.25, 0.3) is 0 Å². The van der Waals surface area contributed by atoms with Gasteiger partial charge in [-0.3, -0.25) is 14.5 Å². The lowest BCUT2D eigenvalue weighted by molar-refractivity contribution is 0.212. The molecule has 172 valence electrons. The zero-order valence-electron chi connectivity index (χ0n) is 18.4. The van der Waals surface area contributed by atoms with Crippen LogP contribution in [0, 0.1) is 0 Å². The zero-order chi connectivity index (χ0) is 23.0. The summed E-state index contributed by atoms with van der Waals surface area (Å²) in [6, 6.07) is 7.35. The van der Waals surface area contributed by atoms with Crippen molar-refractivity contribution < 1.29 is 8.42 Å². The van der Waals surface area contributed by atoms with Crippen LogP contribution < -0.4 is 10.0 Å². The molecule has 3 aromatic heterocycles. The minimum atomic E-state index is -3.39. The van der Waals surface area contributed by atoms with Gasteiger partial charge in [-0.25, -0.2) is 18.4 Å². The largest absolute Gasteiger partial charge is 0.336 e. The Morgan fingerprint density at radius 2 is 1.94 bits per heavy atom. The first-order valence-corrected chi connectivity index (χ1v) is 12.5. The molecule has 0 radical (unpaired) electrons. The molecule has 33 heavy (non-hydrogen) atoms. The highest BCUT2D eigenvalue weighted by atomic mass is 32.2. The highest BCUT2D eigenvalue weighted by Gasteiger charge is 2.19. The van der Waals surface area contributed by atoms with Crippen molar-refractivity contribution in [2.75, 3.05) is 36.4 Å². The highest BCUT2D eigenvalue weighted by Crippen LogP contribution is 2.28. The first kappa shape index (κ1) is 21.3. The molecular weight excluding hydrogens is 442 g/mol. The Morgan fingerprint density at radius 3 is 2.73 bits per heavy atom. The van der Waals surface area contributed by atoms with Gasteiger partial charge in [-0.15, -0.1) is 0 Å². The molecule has 11 nitrogen and oxygen atoms in total. The van der Waals surface area contributed by atoms with Crippen molar-refractivity contribution in [3.63, 3.8) is 0 Å². The van der Waals surface area contributed by atoms with Crippen molar-refractivity contribution in [1.29, 1.82) is 0 Å². The fourth-order valence-electron chi connectivity index (χ4n) is 3.99.